The second-order valence-electron chi connectivity index (χ2n) is 6.95. The van der Waals surface area contributed by atoms with Crippen LogP contribution in [0.4, 0.5) is 21.0 Å². The van der Waals surface area contributed by atoms with Crippen LogP contribution in [0.25, 0.3) is 0 Å². The third kappa shape index (κ3) is 6.32. The maximum atomic E-state index is 12.4. The molecule has 0 radical (unpaired) electrons. The highest BCUT2D eigenvalue weighted by atomic mass is 35.5. The molecule has 0 saturated heterocycles. The second-order valence-corrected chi connectivity index (χ2v) is 8.58. The zero-order chi connectivity index (χ0) is 21.7. The predicted molar refractivity (Wildman–Crippen MR) is 123 cm³/mol. The first-order valence-corrected chi connectivity index (χ1v) is 10.9. The minimum Gasteiger partial charge on any atom is -0.333 e. The van der Waals surface area contributed by atoms with E-state index in [0.29, 0.717) is 31.5 Å². The molecule has 1 aliphatic rings. The number of carbonyl (C=O) groups excluding carboxylic acids is 2. The number of carbonyl (C=O) groups is 2. The average Bonchev–Trinajstić information content (AvgIpc) is 2.69. The van der Waals surface area contributed by atoms with Crippen LogP contribution in [0.15, 0.2) is 36.4 Å². The van der Waals surface area contributed by atoms with Crippen LogP contribution in [-0.4, -0.2) is 24.1 Å². The molecule has 0 bridgehead atoms. The van der Waals surface area contributed by atoms with E-state index in [4.69, 9.17) is 46.4 Å². The molecule has 0 heterocycles. The summed E-state index contributed by atoms with van der Waals surface area (Å²) in [7, 11) is 0. The lowest BCUT2D eigenvalue weighted by Crippen LogP contribution is -2.54. The minimum atomic E-state index is -0.378. The van der Waals surface area contributed by atoms with Gasteiger partial charge in [0.2, 0.25) is 0 Å². The number of rotatable bonds is 4. The van der Waals surface area contributed by atoms with Gasteiger partial charge in [-0.05, 0) is 49.2 Å². The second kappa shape index (κ2) is 10.4. The topological polar surface area (TPSA) is 82.3 Å². The Kier molecular flexibility index (Phi) is 7.94. The van der Waals surface area contributed by atoms with Gasteiger partial charge in [0.05, 0.1) is 32.2 Å². The fourth-order valence-electron chi connectivity index (χ4n) is 3.30. The van der Waals surface area contributed by atoms with E-state index in [1.54, 1.807) is 36.4 Å². The summed E-state index contributed by atoms with van der Waals surface area (Å²) in [6.45, 7) is 0. The van der Waals surface area contributed by atoms with Crippen molar-refractivity contribution in [3.63, 3.8) is 0 Å². The summed E-state index contributed by atoms with van der Waals surface area (Å²) in [5.41, 5.74) is 1.05. The maximum Gasteiger partial charge on any atom is 0.319 e. The Labute approximate surface area is 194 Å². The van der Waals surface area contributed by atoms with Crippen LogP contribution in [0, 0.1) is 0 Å². The summed E-state index contributed by atoms with van der Waals surface area (Å²) in [4.78, 5) is 24.8. The van der Waals surface area contributed by atoms with Crippen LogP contribution < -0.4 is 21.3 Å². The summed E-state index contributed by atoms with van der Waals surface area (Å²) < 4.78 is 0. The van der Waals surface area contributed by atoms with Gasteiger partial charge in [-0.25, -0.2) is 9.59 Å². The molecule has 0 spiro atoms. The molecule has 1 aliphatic carbocycles. The van der Waals surface area contributed by atoms with Crippen LogP contribution >= 0.6 is 46.4 Å². The summed E-state index contributed by atoms with van der Waals surface area (Å²) in [6.07, 6.45) is 3.44. The summed E-state index contributed by atoms with van der Waals surface area (Å²) in [5.74, 6) is 0. The van der Waals surface area contributed by atoms with E-state index in [-0.39, 0.29) is 24.1 Å². The van der Waals surface area contributed by atoms with Gasteiger partial charge >= 0.3 is 12.1 Å². The quantitative estimate of drug-likeness (QED) is 0.392. The van der Waals surface area contributed by atoms with Crippen molar-refractivity contribution in [2.45, 2.75) is 37.8 Å². The Bertz CT molecular complexity index is 866. The first-order valence-electron chi connectivity index (χ1n) is 9.37. The SMILES string of the molecule is O=C(Nc1ccc(Cl)c(Cl)c1)N[C@@H]1CCCC[C@H]1NC(=O)Nc1ccc(Cl)c(Cl)c1. The van der Waals surface area contributed by atoms with Crippen molar-refractivity contribution in [1.29, 1.82) is 0 Å². The number of hydrogen-bond acceptors (Lipinski definition) is 2. The molecule has 1 saturated carbocycles. The fraction of sp³-hybridized carbons (Fsp3) is 0.300. The number of hydrogen-bond donors (Lipinski definition) is 4. The highest BCUT2D eigenvalue weighted by molar-refractivity contribution is 6.42. The standard InChI is InChI=1S/C20H20Cl4N4O2/c21-13-7-5-11(9-15(13)23)25-19(29)27-17-3-1-2-4-18(17)28-20(30)26-12-6-8-14(22)16(24)10-12/h5-10,17-18H,1-4H2,(H2,25,27,29)(H2,26,28,30)/t17-,18-/m1/s1. The van der Waals surface area contributed by atoms with E-state index >= 15 is 0 Å². The molecule has 0 aromatic heterocycles. The highest BCUT2D eigenvalue weighted by Gasteiger charge is 2.28. The molecule has 0 aliphatic heterocycles. The Hall–Kier alpha value is -1.86. The lowest BCUT2D eigenvalue weighted by Gasteiger charge is -2.32. The number of halogens is 4. The largest absolute Gasteiger partial charge is 0.333 e. The lowest BCUT2D eigenvalue weighted by molar-refractivity contribution is 0.225. The third-order valence-corrected chi connectivity index (χ3v) is 6.23. The molecule has 3 rings (SSSR count). The zero-order valence-corrected chi connectivity index (χ0v) is 18.8. The zero-order valence-electron chi connectivity index (χ0n) is 15.8. The number of nitrogens with one attached hydrogen (secondary N) is 4. The molecule has 30 heavy (non-hydrogen) atoms. The van der Waals surface area contributed by atoms with Gasteiger partial charge in [-0.3, -0.25) is 0 Å². The molecular formula is C20H20Cl4N4O2. The van der Waals surface area contributed by atoms with Crippen LogP contribution in [0.3, 0.4) is 0 Å². The molecule has 4 N–H and O–H groups in total. The van der Waals surface area contributed by atoms with E-state index in [9.17, 15) is 9.59 Å². The smallest absolute Gasteiger partial charge is 0.319 e. The molecule has 2 atom stereocenters. The monoisotopic (exact) mass is 488 g/mol. The molecule has 160 valence electrons. The number of benzene rings is 2. The lowest BCUT2D eigenvalue weighted by atomic mass is 9.90. The summed E-state index contributed by atoms with van der Waals surface area (Å²) in [6, 6.07) is 8.52. The number of amides is 4. The average molecular weight is 490 g/mol. The first-order chi connectivity index (χ1) is 14.3. The van der Waals surface area contributed by atoms with E-state index in [0.717, 1.165) is 25.7 Å². The molecule has 2 aromatic carbocycles. The molecular weight excluding hydrogens is 470 g/mol. The van der Waals surface area contributed by atoms with Gasteiger partial charge in [0.1, 0.15) is 0 Å². The third-order valence-electron chi connectivity index (χ3n) is 4.75. The first kappa shape index (κ1) is 22.8. The van der Waals surface area contributed by atoms with Gasteiger partial charge in [-0.15, -0.1) is 0 Å². The van der Waals surface area contributed by atoms with E-state index in [1.807, 2.05) is 0 Å². The molecule has 4 amide bonds. The van der Waals surface area contributed by atoms with Crippen molar-refractivity contribution in [2.75, 3.05) is 10.6 Å². The van der Waals surface area contributed by atoms with Crippen LogP contribution in [0.1, 0.15) is 25.7 Å². The van der Waals surface area contributed by atoms with Crippen molar-refractivity contribution in [1.82, 2.24) is 10.6 Å². The minimum absolute atomic E-state index is 0.207. The summed E-state index contributed by atoms with van der Waals surface area (Å²) in [5, 5.41) is 12.9. The molecule has 10 heteroatoms. The molecule has 6 nitrogen and oxygen atoms in total. The fourth-order valence-corrected chi connectivity index (χ4v) is 3.89. The van der Waals surface area contributed by atoms with Crippen LogP contribution in [-0.2, 0) is 0 Å². The predicted octanol–water partition coefficient (Wildman–Crippen LogP) is 6.55. The van der Waals surface area contributed by atoms with Gasteiger partial charge < -0.3 is 21.3 Å². The number of anilines is 2. The highest BCUT2D eigenvalue weighted by Crippen LogP contribution is 2.26. The van der Waals surface area contributed by atoms with Crippen molar-refractivity contribution >= 4 is 69.8 Å². The van der Waals surface area contributed by atoms with Crippen molar-refractivity contribution in [2.24, 2.45) is 0 Å². The van der Waals surface area contributed by atoms with Gasteiger partial charge in [-0.2, -0.15) is 0 Å². The maximum absolute atomic E-state index is 12.4. The Morgan fingerprint density at radius 1 is 0.667 bits per heavy atom. The molecule has 2 aromatic rings. The van der Waals surface area contributed by atoms with Gasteiger partial charge in [0.15, 0.2) is 0 Å². The van der Waals surface area contributed by atoms with Crippen molar-refractivity contribution in [3.8, 4) is 0 Å². The van der Waals surface area contributed by atoms with Gasteiger partial charge in [-0.1, -0.05) is 59.2 Å². The van der Waals surface area contributed by atoms with Crippen LogP contribution in [0.5, 0.6) is 0 Å². The van der Waals surface area contributed by atoms with E-state index in [2.05, 4.69) is 21.3 Å². The van der Waals surface area contributed by atoms with Crippen molar-refractivity contribution in [3.05, 3.63) is 56.5 Å². The Morgan fingerprint density at radius 2 is 1.07 bits per heavy atom. The normalized spacial score (nSPS) is 18.4. The Morgan fingerprint density at radius 3 is 1.43 bits per heavy atom. The van der Waals surface area contributed by atoms with Crippen molar-refractivity contribution < 1.29 is 9.59 Å². The Balaban J connectivity index is 1.57. The van der Waals surface area contributed by atoms with E-state index in [1.165, 1.54) is 0 Å². The van der Waals surface area contributed by atoms with Gasteiger partial charge in [0.25, 0.3) is 0 Å². The van der Waals surface area contributed by atoms with Gasteiger partial charge in [0, 0.05) is 11.4 Å². The molecule has 0 unspecified atom stereocenters. The molecule has 1 fully saturated rings. The van der Waals surface area contributed by atoms with E-state index < -0.39 is 0 Å². The number of urea groups is 2. The summed E-state index contributed by atoms with van der Waals surface area (Å²) >= 11 is 23.8. The van der Waals surface area contributed by atoms with Crippen LogP contribution in [0.2, 0.25) is 20.1 Å².